The molecule has 0 amide bonds. The van der Waals surface area contributed by atoms with E-state index in [1.165, 1.54) is 0 Å². The lowest BCUT2D eigenvalue weighted by molar-refractivity contribution is -0.0360. The number of halogens is 2. The Morgan fingerprint density at radius 2 is 1.97 bits per heavy atom. The molecular formula is C23H23F2N7O. The van der Waals surface area contributed by atoms with Gasteiger partial charge in [-0.05, 0) is 25.0 Å². The smallest absolute Gasteiger partial charge is 0.248 e. The number of rotatable bonds is 3. The summed E-state index contributed by atoms with van der Waals surface area (Å²) in [5.74, 6) is -1.38. The highest BCUT2D eigenvalue weighted by atomic mass is 19.3. The normalized spacial score (nSPS) is 18.3. The number of para-hydroxylation sites is 1. The highest BCUT2D eigenvalue weighted by molar-refractivity contribution is 5.92. The van der Waals surface area contributed by atoms with Crippen LogP contribution in [0.5, 0.6) is 5.75 Å². The van der Waals surface area contributed by atoms with E-state index >= 15 is 0 Å². The molecule has 0 saturated heterocycles. The van der Waals surface area contributed by atoms with E-state index in [0.29, 0.717) is 42.4 Å². The van der Waals surface area contributed by atoms with Gasteiger partial charge in [-0.25, -0.2) is 13.8 Å². The van der Waals surface area contributed by atoms with Crippen molar-refractivity contribution in [1.82, 2.24) is 24.8 Å². The SMILES string of the molecule is CN1CCOc2c1cnn1c(-c3ccc4cccc(NC5CCC(F)(F)CC5)c4n3)nnc21. The van der Waals surface area contributed by atoms with Crippen molar-refractivity contribution >= 4 is 27.9 Å². The maximum atomic E-state index is 13.6. The van der Waals surface area contributed by atoms with Gasteiger partial charge in [0.25, 0.3) is 0 Å². The number of pyridine rings is 1. The number of ether oxygens (including phenoxy) is 1. The average Bonchev–Trinajstić information content (AvgIpc) is 3.25. The molecule has 1 aliphatic heterocycles. The monoisotopic (exact) mass is 451 g/mol. The molecule has 4 aromatic rings. The van der Waals surface area contributed by atoms with Gasteiger partial charge >= 0.3 is 0 Å². The Morgan fingerprint density at radius 3 is 2.82 bits per heavy atom. The second-order valence-corrected chi connectivity index (χ2v) is 8.74. The van der Waals surface area contributed by atoms with Crippen molar-refractivity contribution in [2.45, 2.75) is 37.6 Å². The summed E-state index contributed by atoms with van der Waals surface area (Å²) in [6.45, 7) is 1.36. The zero-order valence-electron chi connectivity index (χ0n) is 18.1. The standard InChI is InChI=1S/C23H23F2N7O/c1-31-11-12-33-20-18(31)13-26-32-21(29-30-22(20)32)17-6-5-14-3-2-4-16(19(14)28-17)27-15-7-9-23(24,25)10-8-15/h2-6,13,15,27H,7-12H2,1H3. The van der Waals surface area contributed by atoms with Crippen LogP contribution in [0.3, 0.4) is 0 Å². The number of hydrogen-bond donors (Lipinski definition) is 1. The number of likely N-dealkylation sites (N-methyl/N-ethyl adjacent to an activating group) is 1. The van der Waals surface area contributed by atoms with E-state index in [-0.39, 0.29) is 18.9 Å². The number of hydrogen-bond acceptors (Lipinski definition) is 7. The van der Waals surface area contributed by atoms with Crippen LogP contribution < -0.4 is 15.0 Å². The fraction of sp³-hybridized carbons (Fsp3) is 0.391. The zero-order valence-corrected chi connectivity index (χ0v) is 18.1. The molecule has 170 valence electrons. The third-order valence-electron chi connectivity index (χ3n) is 6.48. The van der Waals surface area contributed by atoms with Crippen LogP contribution in [0, 0.1) is 0 Å². The van der Waals surface area contributed by atoms with E-state index < -0.39 is 5.92 Å². The van der Waals surface area contributed by atoms with E-state index in [2.05, 4.69) is 25.5 Å². The van der Waals surface area contributed by atoms with Crippen molar-refractivity contribution in [3.63, 3.8) is 0 Å². The molecule has 1 fully saturated rings. The van der Waals surface area contributed by atoms with Crippen LogP contribution in [-0.4, -0.2) is 57.0 Å². The highest BCUT2D eigenvalue weighted by Crippen LogP contribution is 2.36. The number of aromatic nitrogens is 5. The molecule has 0 spiro atoms. The molecule has 10 heteroatoms. The van der Waals surface area contributed by atoms with Crippen molar-refractivity contribution in [1.29, 1.82) is 0 Å². The van der Waals surface area contributed by atoms with Gasteiger partial charge in [0, 0.05) is 31.3 Å². The first-order chi connectivity index (χ1) is 16.0. The van der Waals surface area contributed by atoms with Crippen molar-refractivity contribution < 1.29 is 13.5 Å². The third kappa shape index (κ3) is 3.49. The summed E-state index contributed by atoms with van der Waals surface area (Å²) >= 11 is 0. The van der Waals surface area contributed by atoms with Gasteiger partial charge in [-0.2, -0.15) is 9.61 Å². The molecule has 4 heterocycles. The molecule has 0 bridgehead atoms. The van der Waals surface area contributed by atoms with Gasteiger partial charge < -0.3 is 15.0 Å². The minimum Gasteiger partial charge on any atom is -0.486 e. The topological polar surface area (TPSA) is 80.5 Å². The second-order valence-electron chi connectivity index (χ2n) is 8.74. The maximum Gasteiger partial charge on any atom is 0.248 e. The lowest BCUT2D eigenvalue weighted by atomic mass is 9.92. The Labute approximate surface area is 188 Å². The number of benzene rings is 1. The van der Waals surface area contributed by atoms with Crippen molar-refractivity contribution in [3.8, 4) is 17.3 Å². The molecule has 8 nitrogen and oxygen atoms in total. The van der Waals surface area contributed by atoms with Gasteiger partial charge in [0.1, 0.15) is 18.0 Å². The van der Waals surface area contributed by atoms with Crippen LogP contribution >= 0.6 is 0 Å². The Kier molecular flexibility index (Phi) is 4.56. The summed E-state index contributed by atoms with van der Waals surface area (Å²) in [7, 11) is 1.99. The molecule has 1 aliphatic carbocycles. The second kappa shape index (κ2) is 7.50. The van der Waals surface area contributed by atoms with Crippen molar-refractivity contribution in [3.05, 3.63) is 36.5 Å². The Morgan fingerprint density at radius 1 is 1.12 bits per heavy atom. The summed E-state index contributed by atoms with van der Waals surface area (Å²) in [6, 6.07) is 9.72. The van der Waals surface area contributed by atoms with Gasteiger partial charge in [-0.15, -0.1) is 10.2 Å². The minimum absolute atomic E-state index is 0.00284. The van der Waals surface area contributed by atoms with Gasteiger partial charge in [-0.3, -0.25) is 0 Å². The Balaban J connectivity index is 1.38. The zero-order chi connectivity index (χ0) is 22.6. The molecular weight excluding hydrogens is 428 g/mol. The maximum absolute atomic E-state index is 13.6. The first kappa shape index (κ1) is 20.1. The summed E-state index contributed by atoms with van der Waals surface area (Å²) in [6.07, 6.45) is 2.43. The van der Waals surface area contributed by atoms with Gasteiger partial charge in [0.15, 0.2) is 5.75 Å². The minimum atomic E-state index is -2.55. The summed E-state index contributed by atoms with van der Waals surface area (Å²) in [4.78, 5) is 6.94. The lowest BCUT2D eigenvalue weighted by Gasteiger charge is -2.29. The highest BCUT2D eigenvalue weighted by Gasteiger charge is 2.35. The molecule has 0 atom stereocenters. The van der Waals surface area contributed by atoms with Crippen LogP contribution in [0.25, 0.3) is 28.1 Å². The molecule has 6 rings (SSSR count). The molecule has 0 unspecified atom stereocenters. The number of anilines is 2. The van der Waals surface area contributed by atoms with Crippen molar-refractivity contribution in [2.75, 3.05) is 30.4 Å². The van der Waals surface area contributed by atoms with Crippen molar-refractivity contribution in [2.24, 2.45) is 0 Å². The summed E-state index contributed by atoms with van der Waals surface area (Å²) in [5, 5.41) is 17.6. The number of nitrogens with one attached hydrogen (secondary N) is 1. The quantitative estimate of drug-likeness (QED) is 0.501. The average molecular weight is 451 g/mol. The fourth-order valence-electron chi connectivity index (χ4n) is 4.58. The number of fused-ring (bicyclic) bond motifs is 4. The van der Waals surface area contributed by atoms with Crippen LogP contribution in [0.4, 0.5) is 20.2 Å². The van der Waals surface area contributed by atoms with E-state index in [1.54, 1.807) is 10.7 Å². The van der Waals surface area contributed by atoms with Crippen LogP contribution in [-0.2, 0) is 0 Å². The largest absolute Gasteiger partial charge is 0.486 e. The Hall–Kier alpha value is -3.56. The van der Waals surface area contributed by atoms with Crippen LogP contribution in [0.15, 0.2) is 36.5 Å². The van der Waals surface area contributed by atoms with Crippen LogP contribution in [0.2, 0.25) is 0 Å². The van der Waals surface area contributed by atoms with E-state index in [9.17, 15) is 8.78 Å². The van der Waals surface area contributed by atoms with Crippen LogP contribution in [0.1, 0.15) is 25.7 Å². The molecule has 3 aromatic heterocycles. The lowest BCUT2D eigenvalue weighted by Crippen LogP contribution is -2.32. The van der Waals surface area contributed by atoms with Gasteiger partial charge in [0.2, 0.25) is 17.4 Å². The van der Waals surface area contributed by atoms with E-state index in [0.717, 1.165) is 28.8 Å². The third-order valence-corrected chi connectivity index (χ3v) is 6.48. The number of nitrogens with zero attached hydrogens (tertiary/aromatic N) is 6. The molecule has 2 aliphatic rings. The fourth-order valence-corrected chi connectivity index (χ4v) is 4.58. The van der Waals surface area contributed by atoms with E-state index in [4.69, 9.17) is 9.72 Å². The summed E-state index contributed by atoms with van der Waals surface area (Å²) < 4.78 is 34.6. The molecule has 33 heavy (non-hydrogen) atoms. The molecule has 1 saturated carbocycles. The van der Waals surface area contributed by atoms with E-state index in [1.807, 2.05) is 37.4 Å². The molecule has 1 aromatic carbocycles. The molecule has 0 radical (unpaired) electrons. The van der Waals surface area contributed by atoms with Gasteiger partial charge in [0.05, 0.1) is 23.9 Å². The predicted octanol–water partition coefficient (Wildman–Crippen LogP) is 4.16. The molecule has 1 N–H and O–H groups in total. The first-order valence-electron chi connectivity index (χ1n) is 11.1. The Bertz CT molecular complexity index is 1350. The van der Waals surface area contributed by atoms with Gasteiger partial charge in [-0.1, -0.05) is 18.2 Å². The summed E-state index contributed by atoms with van der Waals surface area (Å²) in [5.41, 5.74) is 3.64. The first-order valence-corrected chi connectivity index (χ1v) is 11.1. The number of alkyl halides is 2. The predicted molar refractivity (Wildman–Crippen MR) is 121 cm³/mol.